The predicted molar refractivity (Wildman–Crippen MR) is 103 cm³/mol. The lowest BCUT2D eigenvalue weighted by molar-refractivity contribution is 0.191. The van der Waals surface area contributed by atoms with Gasteiger partial charge in [0, 0.05) is 11.5 Å². The normalized spacial score (nSPS) is 16.0. The Morgan fingerprint density at radius 2 is 1.52 bits per heavy atom. The molecule has 12 heteroatoms. The average Bonchev–Trinajstić information content (AvgIpc) is 2.50. The maximum Gasteiger partial charge on any atom is 0.481 e. The van der Waals surface area contributed by atoms with Crippen LogP contribution in [0.4, 0.5) is 0 Å². The van der Waals surface area contributed by atoms with Gasteiger partial charge >= 0.3 is 15.6 Å². The van der Waals surface area contributed by atoms with Gasteiger partial charge in [0.15, 0.2) is 0 Å². The maximum atomic E-state index is 11.3. The molecule has 0 aromatic rings. The second kappa shape index (κ2) is 13.0. The quantitative estimate of drug-likeness (QED) is 0.124. The summed E-state index contributed by atoms with van der Waals surface area (Å²) in [5.41, 5.74) is 11.4. The molecule has 3 N–H and O–H groups in total. The third kappa shape index (κ3) is 16.7. The fourth-order valence-electron chi connectivity index (χ4n) is 1.94. The van der Waals surface area contributed by atoms with Gasteiger partial charge in [-0.25, -0.2) is 9.13 Å². The Balaban J connectivity index is 4.22. The van der Waals surface area contributed by atoms with Gasteiger partial charge in [0.2, 0.25) is 0 Å². The SMILES string of the molecule is C/C(=C/CC/C(C)=C/CC/C(C)=C/COP(=O)(O)OP(=O)(O)O)CN=[N+]=[N-]. The van der Waals surface area contributed by atoms with Crippen molar-refractivity contribution in [2.24, 2.45) is 5.11 Å². The van der Waals surface area contributed by atoms with Crippen LogP contribution in [0, 0.1) is 0 Å². The highest BCUT2D eigenvalue weighted by Crippen LogP contribution is 2.57. The minimum atomic E-state index is -5.09. The number of hydrogen-bond donors (Lipinski definition) is 3. The van der Waals surface area contributed by atoms with Crippen molar-refractivity contribution in [2.45, 2.75) is 46.5 Å². The Bertz CT molecular complexity index is 706. The van der Waals surface area contributed by atoms with Crippen LogP contribution >= 0.6 is 15.6 Å². The van der Waals surface area contributed by atoms with Gasteiger partial charge in [0.05, 0.1) is 6.61 Å². The Hall–Kier alpha value is -1.21. The number of hydrogen-bond acceptors (Lipinski definition) is 5. The van der Waals surface area contributed by atoms with Crippen LogP contribution in [0.2, 0.25) is 0 Å². The van der Waals surface area contributed by atoms with Crippen molar-refractivity contribution < 1.29 is 32.6 Å². The van der Waals surface area contributed by atoms with E-state index in [2.05, 4.69) is 24.9 Å². The van der Waals surface area contributed by atoms with Gasteiger partial charge in [-0.05, 0) is 52.0 Å². The maximum absolute atomic E-state index is 11.3. The van der Waals surface area contributed by atoms with Crippen molar-refractivity contribution in [3.05, 3.63) is 45.4 Å². The number of nitrogens with zero attached hydrogens (tertiary/aromatic N) is 3. The minimum absolute atomic E-state index is 0.294. The van der Waals surface area contributed by atoms with Crippen LogP contribution in [0.15, 0.2) is 40.1 Å². The second-order valence-corrected chi connectivity index (χ2v) is 8.78. The van der Waals surface area contributed by atoms with Gasteiger partial charge in [0.25, 0.3) is 0 Å². The number of azide groups is 1. The van der Waals surface area contributed by atoms with E-state index in [-0.39, 0.29) is 6.61 Å². The Morgan fingerprint density at radius 1 is 1.00 bits per heavy atom. The van der Waals surface area contributed by atoms with Gasteiger partial charge < -0.3 is 14.7 Å². The molecular formula is C15H27N3O7P2. The number of phosphoric acid groups is 2. The van der Waals surface area contributed by atoms with Gasteiger partial charge in [0.1, 0.15) is 0 Å². The average molecular weight is 423 g/mol. The Labute approximate surface area is 159 Å². The van der Waals surface area contributed by atoms with E-state index in [1.54, 1.807) is 6.08 Å². The molecule has 0 saturated carbocycles. The Kier molecular flexibility index (Phi) is 12.5. The summed E-state index contributed by atoms with van der Waals surface area (Å²) < 4.78 is 30.0. The van der Waals surface area contributed by atoms with E-state index in [0.29, 0.717) is 13.0 Å². The van der Waals surface area contributed by atoms with E-state index in [4.69, 9.17) is 20.2 Å². The fraction of sp³-hybridized carbons (Fsp3) is 0.600. The number of rotatable bonds is 13. The summed E-state index contributed by atoms with van der Waals surface area (Å²) in [6.45, 7) is 5.85. The van der Waals surface area contributed by atoms with Crippen LogP contribution in [0.3, 0.4) is 0 Å². The third-order valence-corrected chi connectivity index (χ3v) is 5.48. The lowest BCUT2D eigenvalue weighted by atomic mass is 10.1. The lowest BCUT2D eigenvalue weighted by Crippen LogP contribution is -1.94. The minimum Gasteiger partial charge on any atom is -0.302 e. The number of phosphoric ester groups is 1. The van der Waals surface area contributed by atoms with E-state index in [9.17, 15) is 9.13 Å². The molecule has 0 radical (unpaired) electrons. The Morgan fingerprint density at radius 3 is 2.04 bits per heavy atom. The highest BCUT2D eigenvalue weighted by molar-refractivity contribution is 7.60. The van der Waals surface area contributed by atoms with Crippen LogP contribution in [-0.2, 0) is 18.0 Å². The molecule has 0 rings (SSSR count). The van der Waals surface area contributed by atoms with Crippen LogP contribution < -0.4 is 0 Å². The summed E-state index contributed by atoms with van der Waals surface area (Å²) in [6.07, 6.45) is 8.95. The summed E-state index contributed by atoms with van der Waals surface area (Å²) in [5, 5.41) is 3.50. The number of allylic oxidation sites excluding steroid dienone is 4. The van der Waals surface area contributed by atoms with E-state index in [1.165, 1.54) is 5.57 Å². The molecule has 0 spiro atoms. The second-order valence-electron chi connectivity index (χ2n) is 5.95. The van der Waals surface area contributed by atoms with Crippen molar-refractivity contribution in [2.75, 3.05) is 13.2 Å². The summed E-state index contributed by atoms with van der Waals surface area (Å²) in [4.78, 5) is 28.8. The summed E-state index contributed by atoms with van der Waals surface area (Å²) in [5.74, 6) is 0. The van der Waals surface area contributed by atoms with Crippen molar-refractivity contribution >= 4 is 15.6 Å². The topological polar surface area (TPSA) is 162 Å². The van der Waals surface area contributed by atoms with Crippen LogP contribution in [0.1, 0.15) is 46.5 Å². The summed E-state index contributed by atoms with van der Waals surface area (Å²) >= 11 is 0. The molecule has 0 fully saturated rings. The molecule has 0 aliphatic heterocycles. The molecule has 0 saturated heterocycles. The highest BCUT2D eigenvalue weighted by atomic mass is 31.3. The van der Waals surface area contributed by atoms with E-state index in [0.717, 1.165) is 30.4 Å². The first-order chi connectivity index (χ1) is 12.4. The van der Waals surface area contributed by atoms with E-state index < -0.39 is 15.6 Å². The van der Waals surface area contributed by atoms with Crippen LogP contribution in [0.25, 0.3) is 10.4 Å². The summed E-state index contributed by atoms with van der Waals surface area (Å²) in [7, 11) is -9.88. The zero-order chi connectivity index (χ0) is 20.9. The molecule has 1 unspecified atom stereocenters. The first-order valence-electron chi connectivity index (χ1n) is 8.17. The van der Waals surface area contributed by atoms with Crippen molar-refractivity contribution in [3.63, 3.8) is 0 Å². The van der Waals surface area contributed by atoms with Crippen LogP contribution in [-0.4, -0.2) is 27.8 Å². The first kappa shape index (κ1) is 25.8. The van der Waals surface area contributed by atoms with Gasteiger partial charge in [-0.3, -0.25) is 4.52 Å². The van der Waals surface area contributed by atoms with E-state index >= 15 is 0 Å². The molecule has 0 aromatic carbocycles. The zero-order valence-corrected chi connectivity index (χ0v) is 17.5. The molecule has 0 heterocycles. The van der Waals surface area contributed by atoms with Crippen LogP contribution in [0.5, 0.6) is 0 Å². The standard InChI is InChI=1S/C15H27N3O7P2/c1-13(7-5-9-15(3)12-17-18-16)6-4-8-14(2)10-11-24-27(22,23)25-26(19,20)21/h6,9-10H,4-5,7-8,11-12H2,1-3H3,(H,22,23)(H2,19,20,21)/b13-6+,14-10+,15-9-. The molecule has 10 nitrogen and oxygen atoms in total. The van der Waals surface area contributed by atoms with Gasteiger partial charge in [-0.15, -0.1) is 0 Å². The smallest absolute Gasteiger partial charge is 0.302 e. The molecule has 154 valence electrons. The molecule has 0 amide bonds. The monoisotopic (exact) mass is 423 g/mol. The van der Waals surface area contributed by atoms with E-state index in [1.807, 2.05) is 26.8 Å². The lowest BCUT2D eigenvalue weighted by Gasteiger charge is -2.11. The fourth-order valence-corrected chi connectivity index (χ4v) is 3.46. The van der Waals surface area contributed by atoms with Gasteiger partial charge in [-0.1, -0.05) is 40.1 Å². The first-order valence-corrected chi connectivity index (χ1v) is 11.2. The molecule has 27 heavy (non-hydrogen) atoms. The summed E-state index contributed by atoms with van der Waals surface area (Å²) in [6, 6.07) is 0. The molecular weight excluding hydrogens is 396 g/mol. The molecule has 1 atom stereocenters. The third-order valence-electron chi connectivity index (χ3n) is 3.33. The van der Waals surface area contributed by atoms with Crippen molar-refractivity contribution in [3.8, 4) is 0 Å². The highest BCUT2D eigenvalue weighted by Gasteiger charge is 2.31. The molecule has 0 aliphatic rings. The van der Waals surface area contributed by atoms with Crippen molar-refractivity contribution in [1.29, 1.82) is 0 Å². The van der Waals surface area contributed by atoms with Crippen molar-refractivity contribution in [1.82, 2.24) is 0 Å². The molecule has 0 aliphatic carbocycles. The molecule has 0 bridgehead atoms. The molecule has 0 aromatic heterocycles. The zero-order valence-electron chi connectivity index (χ0n) is 15.7. The van der Waals surface area contributed by atoms with Gasteiger partial charge in [-0.2, -0.15) is 4.31 Å². The largest absolute Gasteiger partial charge is 0.481 e. The predicted octanol–water partition coefficient (Wildman–Crippen LogP) is 4.92.